The zero-order valence-electron chi connectivity index (χ0n) is 89.9. The number of rotatable bonds is 57. The molecule has 27 heteroatoms. The number of carbonyl (C=O) groups is 8. The number of carboxylic acid groups (broad SMARTS) is 1. The van der Waals surface area contributed by atoms with E-state index in [2.05, 4.69) is 54.0 Å². The highest BCUT2D eigenvalue weighted by Gasteiger charge is 2.19. The standard InChI is InChI=1S/C34H44O8.C27H38O5.C18H28O4.C10H20O2.4C8H8O2/c1-5-6-7-8-9-10-11-12-34(36)42-24-27-15-18-30(33(21-27)39-4)41-23-26-14-17-29(32(20-26)38-3)40-22-25-13-16-28(35)31(19-25)37-2;1-4-5-6-7-8-9-10-11-27(29)32-20-22-13-16-23(25(19-22)30-2)15-12-21-14-17-24(28)26(18-21)31-3;1-3-4-5-6-7-8-9-10-18(20)22-14-15-11-12-16(19)17(13-15)21-2;1-2-3-4-5-6-7-8-9-10(11)12;4*1-6-3-4-7(9)8(5-6)10-2/h13-21,35H,5-12,22-24H2,1-4H3;13-14,16-19,28H,4-12,15,20H2,1-3H3;11-13,19H,3-10,14H2,1-2H3;2-9H2,1H3,(H,11,12);4*3-5H,1H2,2H3. The number of phenolic OH excluding ortho intramolecular Hbond substituents is 3. The summed E-state index contributed by atoms with van der Waals surface area (Å²) >= 11 is 0. The van der Waals surface area contributed by atoms with Gasteiger partial charge in [-0.2, -0.15) is 0 Å². The van der Waals surface area contributed by atoms with Crippen LogP contribution in [-0.4, -0.2) is 139 Å². The Balaban J connectivity index is 0.000000467. The van der Waals surface area contributed by atoms with Crippen LogP contribution < -0.4 is 37.9 Å². The summed E-state index contributed by atoms with van der Waals surface area (Å²) in [5, 5.41) is 37.4. The monoisotopic (exact) mass is 2050 g/mol. The van der Waals surface area contributed by atoms with Gasteiger partial charge in [-0.3, -0.25) is 38.4 Å². The second kappa shape index (κ2) is 78.1. The largest absolute Gasteiger partial charge is 0.504 e. The number of unbranched alkanes of at least 4 members (excludes halogenated alkanes) is 24. The van der Waals surface area contributed by atoms with Crippen LogP contribution in [0, 0.1) is 0 Å². The average Bonchev–Trinajstić information content (AvgIpc) is 0.831. The molecule has 0 bridgehead atoms. The summed E-state index contributed by atoms with van der Waals surface area (Å²) in [6.07, 6.45) is 55.2. The first-order chi connectivity index (χ1) is 71.4. The Bertz CT molecular complexity index is 5150. The molecule has 0 amide bonds. The lowest BCUT2D eigenvalue weighted by atomic mass is 10.0. The fourth-order valence-corrected chi connectivity index (χ4v) is 14.5. The molecule has 6 aromatic carbocycles. The molecule has 0 radical (unpaired) electrons. The minimum absolute atomic E-state index is 0.0759. The number of methoxy groups -OCH3 is 10. The predicted octanol–water partition coefficient (Wildman–Crippen LogP) is 26.8. The number of aliphatic carboxylic acids is 1. The molecule has 148 heavy (non-hydrogen) atoms. The smallest absolute Gasteiger partial charge is 0.306 e. The molecule has 0 spiro atoms. The molecule has 0 aliphatic heterocycles. The molecule has 4 aliphatic rings. The molecule has 27 nitrogen and oxygen atoms in total. The third kappa shape index (κ3) is 55.3. The molecule has 0 atom stereocenters. The molecule has 0 unspecified atom stereocenters. The van der Waals surface area contributed by atoms with Gasteiger partial charge in [0.05, 0.1) is 71.1 Å². The number of benzene rings is 6. The van der Waals surface area contributed by atoms with Gasteiger partial charge in [-0.15, -0.1) is 0 Å². The highest BCUT2D eigenvalue weighted by Crippen LogP contribution is 2.36. The van der Waals surface area contributed by atoms with E-state index in [1.54, 1.807) is 113 Å². The molecule has 4 aliphatic carbocycles. The van der Waals surface area contributed by atoms with Crippen LogP contribution in [-0.2, 0) is 117 Å². The number of phenols is 3. The van der Waals surface area contributed by atoms with Gasteiger partial charge in [0.2, 0.25) is 23.1 Å². The van der Waals surface area contributed by atoms with Crippen molar-refractivity contribution in [3.63, 3.8) is 0 Å². The number of ether oxygens (including phenoxy) is 15. The van der Waals surface area contributed by atoms with E-state index in [1.807, 2.05) is 66.7 Å². The van der Waals surface area contributed by atoms with Crippen molar-refractivity contribution in [1.29, 1.82) is 0 Å². The van der Waals surface area contributed by atoms with Gasteiger partial charge in [0.1, 0.15) is 38.8 Å². The van der Waals surface area contributed by atoms with E-state index >= 15 is 0 Å². The number of ketones is 4. The summed E-state index contributed by atoms with van der Waals surface area (Å²) < 4.78 is 79.2. The van der Waals surface area contributed by atoms with E-state index in [9.17, 15) is 53.7 Å². The maximum atomic E-state index is 12.1. The predicted molar refractivity (Wildman–Crippen MR) is 580 cm³/mol. The highest BCUT2D eigenvalue weighted by molar-refractivity contribution is 6.06. The summed E-state index contributed by atoms with van der Waals surface area (Å²) in [6.45, 7) is 24.7. The van der Waals surface area contributed by atoms with Gasteiger partial charge in [-0.05, 0) is 215 Å². The minimum Gasteiger partial charge on any atom is -0.504 e. The van der Waals surface area contributed by atoms with E-state index in [0.29, 0.717) is 89.0 Å². The zero-order valence-corrected chi connectivity index (χ0v) is 89.9. The highest BCUT2D eigenvalue weighted by atomic mass is 16.6. The summed E-state index contributed by atoms with van der Waals surface area (Å²) in [6, 6.07) is 32.4. The van der Waals surface area contributed by atoms with Crippen molar-refractivity contribution in [1.82, 2.24) is 0 Å². The van der Waals surface area contributed by atoms with Crippen LogP contribution >= 0.6 is 0 Å². The van der Waals surface area contributed by atoms with E-state index in [1.165, 1.54) is 201 Å². The first-order valence-corrected chi connectivity index (χ1v) is 51.1. The fraction of sp³-hybridized carbons (Fsp3) is 0.438. The van der Waals surface area contributed by atoms with Crippen LogP contribution in [0.3, 0.4) is 0 Å². The van der Waals surface area contributed by atoms with Gasteiger partial charge in [0, 0.05) is 25.7 Å². The fourth-order valence-electron chi connectivity index (χ4n) is 14.5. The van der Waals surface area contributed by atoms with Crippen molar-refractivity contribution in [2.24, 2.45) is 0 Å². The molecule has 0 fully saturated rings. The van der Waals surface area contributed by atoms with Gasteiger partial charge >= 0.3 is 23.9 Å². The van der Waals surface area contributed by atoms with Crippen LogP contribution in [0.5, 0.6) is 63.2 Å². The number of hydrogen-bond acceptors (Lipinski definition) is 26. The maximum Gasteiger partial charge on any atom is 0.306 e. The molecule has 0 saturated carbocycles. The van der Waals surface area contributed by atoms with E-state index < -0.39 is 5.97 Å². The van der Waals surface area contributed by atoms with Crippen LogP contribution in [0.4, 0.5) is 0 Å². The summed E-state index contributed by atoms with van der Waals surface area (Å²) in [4.78, 5) is 89.4. The van der Waals surface area contributed by atoms with Gasteiger partial charge in [-0.1, -0.05) is 275 Å². The lowest BCUT2D eigenvalue weighted by Gasteiger charge is -2.15. The van der Waals surface area contributed by atoms with Crippen molar-refractivity contribution in [2.75, 3.05) is 71.1 Å². The van der Waals surface area contributed by atoms with Gasteiger partial charge < -0.3 is 91.5 Å². The first-order valence-electron chi connectivity index (χ1n) is 51.1. The molecular formula is C121H162O27. The second-order valence-electron chi connectivity index (χ2n) is 35.0. The number of carbonyl (C=O) groups excluding carboxylic acids is 7. The van der Waals surface area contributed by atoms with E-state index in [4.69, 9.17) is 76.2 Å². The lowest BCUT2D eigenvalue weighted by molar-refractivity contribution is -0.146. The quantitative estimate of drug-likeness (QED) is 0.0156. The number of esters is 3. The van der Waals surface area contributed by atoms with Crippen LogP contribution in [0.15, 0.2) is 254 Å². The first kappa shape index (κ1) is 128. The number of aryl methyl sites for hydroxylation is 2. The molecular weight excluding hydrogens is 1890 g/mol. The Morgan fingerprint density at radius 3 is 0.757 bits per heavy atom. The molecule has 6 aromatic rings. The Labute approximate surface area is 878 Å². The SMILES string of the molecule is C=C1C=CC(=O)C(OC)=C1.C=C1C=CC(=O)C(OC)=C1.C=C1C=CC(=O)C(OC)=C1.C=C1C=CC(=O)C(OC)=C1.CCCCCCCCCC(=O)O.CCCCCCCCCC(=O)OCc1ccc(CCc2ccc(O)c(OC)c2)c(OC)c1.CCCCCCCCCC(=O)OCc1ccc(O)c(OC)c1.CCCCCCCCCC(=O)OCc1ccc(OCc2ccc(OCc3ccc(O)c(OC)c3)c(OC)c2)c(OC)c1. The van der Waals surface area contributed by atoms with Crippen molar-refractivity contribution in [2.45, 2.75) is 279 Å². The number of carboxylic acids is 1. The molecule has 0 saturated heterocycles. The Morgan fingerprint density at radius 2 is 0.486 bits per heavy atom. The van der Waals surface area contributed by atoms with Crippen molar-refractivity contribution >= 4 is 47.0 Å². The minimum atomic E-state index is -0.663. The van der Waals surface area contributed by atoms with Gasteiger partial charge in [0.25, 0.3) is 0 Å². The van der Waals surface area contributed by atoms with Crippen LogP contribution in [0.25, 0.3) is 0 Å². The number of allylic oxidation sites excluding steroid dienone is 16. The normalized spacial score (nSPS) is 12.3. The topological polar surface area (TPSA) is 356 Å². The number of hydrogen-bond donors (Lipinski definition) is 4. The maximum absolute atomic E-state index is 12.1. The van der Waals surface area contributed by atoms with Crippen molar-refractivity contribution in [3.8, 4) is 63.2 Å². The second-order valence-corrected chi connectivity index (χ2v) is 35.0. The van der Waals surface area contributed by atoms with Gasteiger partial charge in [-0.25, -0.2) is 0 Å². The van der Waals surface area contributed by atoms with Crippen LogP contribution in [0.1, 0.15) is 272 Å². The summed E-state index contributed by atoms with van der Waals surface area (Å²) in [5.74, 6) is 4.50. The molecule has 808 valence electrons. The lowest BCUT2D eigenvalue weighted by Crippen LogP contribution is -2.05. The Morgan fingerprint density at radius 1 is 0.250 bits per heavy atom. The Hall–Kier alpha value is -14.2. The van der Waals surface area contributed by atoms with Crippen molar-refractivity contribution < 1.29 is 130 Å². The van der Waals surface area contributed by atoms with Crippen LogP contribution in [0.2, 0.25) is 0 Å². The third-order valence-electron chi connectivity index (χ3n) is 23.1. The van der Waals surface area contributed by atoms with Gasteiger partial charge in [0.15, 0.2) is 80.5 Å². The molecule has 10 rings (SSSR count). The Kier molecular flexibility index (Phi) is 67.5. The molecule has 0 heterocycles. The average molecular weight is 2050 g/mol. The van der Waals surface area contributed by atoms with E-state index in [-0.39, 0.29) is 91.3 Å². The summed E-state index contributed by atoms with van der Waals surface area (Å²) in [5.41, 5.74) is 9.60. The van der Waals surface area contributed by atoms with Crippen molar-refractivity contribution in [3.05, 3.63) is 293 Å². The molecule has 4 N–H and O–H groups in total. The van der Waals surface area contributed by atoms with E-state index in [0.717, 1.165) is 131 Å². The summed E-state index contributed by atoms with van der Waals surface area (Å²) in [7, 11) is 15.2. The zero-order chi connectivity index (χ0) is 109. The molecule has 0 aromatic heterocycles. The number of aromatic hydroxyl groups is 3. The third-order valence-corrected chi connectivity index (χ3v) is 23.1.